The summed E-state index contributed by atoms with van der Waals surface area (Å²) >= 11 is 6.01. The van der Waals surface area contributed by atoms with Crippen molar-refractivity contribution in [2.45, 2.75) is 6.61 Å². The molecule has 0 atom stereocenters. The van der Waals surface area contributed by atoms with E-state index in [-0.39, 0.29) is 5.69 Å². The highest BCUT2D eigenvalue weighted by atomic mass is 127. The van der Waals surface area contributed by atoms with Crippen LogP contribution in [-0.4, -0.2) is 16.1 Å². The van der Waals surface area contributed by atoms with Crippen molar-refractivity contribution in [2.24, 2.45) is 5.10 Å². The average Bonchev–Trinajstić information content (AvgIpc) is 3.16. The summed E-state index contributed by atoms with van der Waals surface area (Å²) < 4.78 is 8.98. The summed E-state index contributed by atoms with van der Waals surface area (Å²) in [5.74, 6) is 0.774. The highest BCUT2D eigenvalue weighted by molar-refractivity contribution is 14.1. The molecule has 0 saturated carbocycles. The van der Waals surface area contributed by atoms with Crippen molar-refractivity contribution < 1.29 is 9.66 Å². The van der Waals surface area contributed by atoms with Crippen molar-refractivity contribution in [3.05, 3.63) is 89.0 Å². The molecule has 10 heteroatoms. The number of non-ortho nitro benzene ring substituents is 1. The molecular weight excluding hydrogens is 642 g/mol. The Morgan fingerprint density at radius 3 is 2.52 bits per heavy atom. The van der Waals surface area contributed by atoms with Crippen LogP contribution in [0, 0.1) is 17.3 Å². The second-order valence-electron chi connectivity index (χ2n) is 6.38. The van der Waals surface area contributed by atoms with Crippen LogP contribution in [0.3, 0.4) is 0 Å². The van der Waals surface area contributed by atoms with E-state index in [2.05, 4.69) is 60.7 Å². The molecule has 1 heterocycles. The molecule has 0 amide bonds. The molecule has 156 valence electrons. The van der Waals surface area contributed by atoms with Crippen LogP contribution in [0.25, 0.3) is 10.2 Å². The lowest BCUT2D eigenvalue weighted by atomic mass is 10.2. The zero-order valence-electron chi connectivity index (χ0n) is 15.8. The number of rotatable bonds is 7. The van der Waals surface area contributed by atoms with Crippen molar-refractivity contribution in [1.29, 1.82) is 0 Å². The van der Waals surface area contributed by atoms with E-state index in [1.807, 2.05) is 36.4 Å². The lowest BCUT2D eigenvalue weighted by molar-refractivity contribution is -0.384. The van der Waals surface area contributed by atoms with Gasteiger partial charge in [-0.3, -0.25) is 15.5 Å². The Morgan fingerprint density at radius 2 is 1.84 bits per heavy atom. The number of nitro groups is 1. The number of thiazole rings is 1. The number of para-hydroxylation sites is 1. The molecule has 0 bridgehead atoms. The predicted octanol–water partition coefficient (Wildman–Crippen LogP) is 6.44. The largest absolute Gasteiger partial charge is 0.487 e. The smallest absolute Gasteiger partial charge is 0.269 e. The number of hydrogen-bond donors (Lipinski definition) is 1. The van der Waals surface area contributed by atoms with Gasteiger partial charge in [-0.05, 0) is 92.7 Å². The maximum Gasteiger partial charge on any atom is 0.269 e. The highest BCUT2D eigenvalue weighted by Crippen LogP contribution is 2.30. The van der Waals surface area contributed by atoms with Gasteiger partial charge in [0, 0.05) is 12.1 Å². The van der Waals surface area contributed by atoms with E-state index >= 15 is 0 Å². The normalized spacial score (nSPS) is 11.2. The van der Waals surface area contributed by atoms with E-state index in [0.717, 1.165) is 39.4 Å². The van der Waals surface area contributed by atoms with Gasteiger partial charge >= 0.3 is 0 Å². The molecule has 1 aromatic heterocycles. The molecule has 0 radical (unpaired) electrons. The predicted molar refractivity (Wildman–Crippen MR) is 140 cm³/mol. The lowest BCUT2D eigenvalue weighted by Crippen LogP contribution is -2.01. The number of benzene rings is 3. The molecule has 0 aliphatic rings. The Bertz CT molecular complexity index is 1220. The van der Waals surface area contributed by atoms with Crippen molar-refractivity contribution in [3.8, 4) is 5.75 Å². The molecule has 3 aromatic carbocycles. The quantitative estimate of drug-likeness (QED) is 0.107. The molecule has 4 rings (SSSR count). The Hall–Kier alpha value is -2.32. The molecule has 0 aliphatic heterocycles. The topological polar surface area (TPSA) is 89.7 Å². The lowest BCUT2D eigenvalue weighted by Gasteiger charge is -2.11. The van der Waals surface area contributed by atoms with Crippen LogP contribution < -0.4 is 10.2 Å². The number of nitrogens with one attached hydrogen (secondary N) is 1. The van der Waals surface area contributed by atoms with Crippen molar-refractivity contribution >= 4 is 83.8 Å². The highest BCUT2D eigenvalue weighted by Gasteiger charge is 2.10. The van der Waals surface area contributed by atoms with Gasteiger partial charge in [0.15, 0.2) is 0 Å². The van der Waals surface area contributed by atoms with Gasteiger partial charge in [0.05, 0.1) is 28.5 Å². The third-order valence-electron chi connectivity index (χ3n) is 4.22. The fourth-order valence-corrected chi connectivity index (χ4v) is 5.69. The molecule has 4 aromatic rings. The van der Waals surface area contributed by atoms with E-state index in [9.17, 15) is 10.1 Å². The number of fused-ring (bicyclic) bond motifs is 1. The van der Waals surface area contributed by atoms with Crippen molar-refractivity contribution in [1.82, 2.24) is 4.98 Å². The first-order chi connectivity index (χ1) is 15.0. The number of aromatic nitrogens is 1. The van der Waals surface area contributed by atoms with E-state index < -0.39 is 4.92 Å². The van der Waals surface area contributed by atoms with E-state index in [0.29, 0.717) is 6.61 Å². The number of ether oxygens (including phenoxy) is 1. The number of hydrogen-bond acceptors (Lipinski definition) is 7. The SMILES string of the molecule is O=[N+]([O-])c1ccc(COc2c(I)cc(/C=N/Nc3nc4ccccc4s3)cc2I)cc1. The molecule has 0 spiro atoms. The minimum Gasteiger partial charge on any atom is -0.487 e. The van der Waals surface area contributed by atoms with Crippen LogP contribution >= 0.6 is 56.5 Å². The second-order valence-corrected chi connectivity index (χ2v) is 9.74. The molecule has 0 unspecified atom stereocenters. The first-order valence-corrected chi connectivity index (χ1v) is 12.0. The molecule has 1 N–H and O–H groups in total. The fraction of sp³-hybridized carbons (Fsp3) is 0.0476. The fourth-order valence-electron chi connectivity index (χ4n) is 2.74. The van der Waals surface area contributed by atoms with Gasteiger partial charge in [-0.15, -0.1) is 0 Å². The average molecular weight is 656 g/mol. The second kappa shape index (κ2) is 9.87. The number of hydrazone groups is 1. The maximum atomic E-state index is 10.8. The van der Waals surface area contributed by atoms with Gasteiger partial charge in [0.25, 0.3) is 5.69 Å². The van der Waals surface area contributed by atoms with Crippen molar-refractivity contribution in [3.63, 3.8) is 0 Å². The number of nitrogens with zero attached hydrogens (tertiary/aromatic N) is 3. The van der Waals surface area contributed by atoms with Crippen LogP contribution in [0.1, 0.15) is 11.1 Å². The minimum atomic E-state index is -0.414. The zero-order valence-corrected chi connectivity index (χ0v) is 20.9. The first kappa shape index (κ1) is 21.9. The molecular formula is C21H14I2N4O3S. The number of nitro benzene ring substituents is 1. The molecule has 0 aliphatic carbocycles. The van der Waals surface area contributed by atoms with Gasteiger partial charge in [-0.2, -0.15) is 5.10 Å². The first-order valence-electron chi connectivity index (χ1n) is 8.99. The Balaban J connectivity index is 1.41. The molecule has 0 saturated heterocycles. The molecule has 31 heavy (non-hydrogen) atoms. The Labute approximate surface area is 209 Å². The van der Waals surface area contributed by atoms with Crippen molar-refractivity contribution in [2.75, 3.05) is 5.43 Å². The Kier molecular flexibility index (Phi) is 6.97. The summed E-state index contributed by atoms with van der Waals surface area (Å²) in [5.41, 5.74) is 5.80. The van der Waals surface area contributed by atoms with Crippen LogP contribution in [0.5, 0.6) is 5.75 Å². The van der Waals surface area contributed by atoms with Crippen LogP contribution in [0.4, 0.5) is 10.8 Å². The minimum absolute atomic E-state index is 0.0657. The summed E-state index contributed by atoms with van der Waals surface area (Å²) in [5, 5.41) is 15.8. The van der Waals surface area contributed by atoms with Crippen LogP contribution in [0.2, 0.25) is 0 Å². The van der Waals surface area contributed by atoms with E-state index in [1.54, 1.807) is 29.7 Å². The number of halogens is 2. The van der Waals surface area contributed by atoms with Gasteiger partial charge in [-0.1, -0.05) is 23.5 Å². The summed E-state index contributed by atoms with van der Waals surface area (Å²) in [7, 11) is 0. The summed E-state index contributed by atoms with van der Waals surface area (Å²) in [6, 6.07) is 18.3. The summed E-state index contributed by atoms with van der Waals surface area (Å²) in [6.07, 6.45) is 1.75. The van der Waals surface area contributed by atoms with E-state index in [1.165, 1.54) is 12.1 Å². The maximum absolute atomic E-state index is 10.8. The van der Waals surface area contributed by atoms with Gasteiger partial charge in [0.2, 0.25) is 5.13 Å². The van der Waals surface area contributed by atoms with Gasteiger partial charge in [0.1, 0.15) is 12.4 Å². The van der Waals surface area contributed by atoms with Crippen LogP contribution in [-0.2, 0) is 6.61 Å². The third kappa shape index (κ3) is 5.49. The number of anilines is 1. The summed E-state index contributed by atoms with van der Waals surface area (Å²) in [4.78, 5) is 14.8. The molecule has 0 fully saturated rings. The van der Waals surface area contributed by atoms with Gasteiger partial charge < -0.3 is 4.74 Å². The monoisotopic (exact) mass is 656 g/mol. The van der Waals surface area contributed by atoms with Gasteiger partial charge in [-0.25, -0.2) is 4.98 Å². The standard InChI is InChI=1S/C21H14I2N4O3S/c22-16-9-14(11-24-26-21-25-18-3-1-2-4-19(18)31-21)10-17(23)20(16)30-12-13-5-7-15(8-6-13)27(28)29/h1-11H,12H2,(H,25,26)/b24-11+. The summed E-state index contributed by atoms with van der Waals surface area (Å²) in [6.45, 7) is 0.330. The Morgan fingerprint density at radius 1 is 1.13 bits per heavy atom. The zero-order chi connectivity index (χ0) is 21.8. The van der Waals surface area contributed by atoms with Crippen LogP contribution in [0.15, 0.2) is 65.8 Å². The van der Waals surface area contributed by atoms with E-state index in [4.69, 9.17) is 4.74 Å². The molecule has 7 nitrogen and oxygen atoms in total. The third-order valence-corrected chi connectivity index (χ3v) is 6.76.